The van der Waals surface area contributed by atoms with E-state index in [1.54, 1.807) is 6.92 Å². The Balaban J connectivity index is 1.55. The van der Waals surface area contributed by atoms with Crippen LogP contribution >= 0.6 is 11.8 Å². The highest BCUT2D eigenvalue weighted by molar-refractivity contribution is 7.99. The van der Waals surface area contributed by atoms with Gasteiger partial charge in [-0.3, -0.25) is 10.2 Å². The molecule has 2 N–H and O–H groups in total. The molecule has 6 nitrogen and oxygen atoms in total. The van der Waals surface area contributed by atoms with E-state index in [-0.39, 0.29) is 36.5 Å². The normalized spacial score (nSPS) is 28.6. The number of hydrogen-bond donors (Lipinski definition) is 2. The van der Waals surface area contributed by atoms with Crippen LogP contribution in [0.5, 0.6) is 0 Å². The van der Waals surface area contributed by atoms with E-state index in [1.165, 1.54) is 17.0 Å². The first kappa shape index (κ1) is 18.8. The summed E-state index contributed by atoms with van der Waals surface area (Å²) in [5.41, 5.74) is 0.170. The van der Waals surface area contributed by atoms with E-state index in [0.717, 1.165) is 24.3 Å². The molecule has 3 aliphatic rings. The summed E-state index contributed by atoms with van der Waals surface area (Å²) in [6.45, 7) is 1.99. The fraction of sp³-hybridized carbons (Fsp3) is 0.611. The van der Waals surface area contributed by atoms with E-state index >= 15 is 0 Å². The number of rotatable bonds is 5. The number of cyclic esters (lactones) is 1. The maximum atomic E-state index is 14.9. The first-order valence-corrected chi connectivity index (χ1v) is 10.3. The van der Waals surface area contributed by atoms with Crippen LogP contribution in [0, 0.1) is 11.6 Å². The third-order valence-corrected chi connectivity index (χ3v) is 6.57. The number of aliphatic hydroxyl groups is 1. The number of anilines is 2. The van der Waals surface area contributed by atoms with Gasteiger partial charge in [0.15, 0.2) is 11.6 Å². The van der Waals surface area contributed by atoms with Crippen LogP contribution in [0.2, 0.25) is 0 Å². The van der Waals surface area contributed by atoms with Crippen LogP contribution in [0.3, 0.4) is 0 Å². The number of aliphatic hydroxyl groups excluding tert-OH is 1. The predicted molar refractivity (Wildman–Crippen MR) is 100 cm³/mol. The van der Waals surface area contributed by atoms with Gasteiger partial charge in [0.25, 0.3) is 0 Å². The number of nitrogens with one attached hydrogen (secondary N) is 1. The lowest BCUT2D eigenvalue weighted by Gasteiger charge is -2.37. The fourth-order valence-electron chi connectivity index (χ4n) is 4.09. The molecule has 4 atom stereocenters. The van der Waals surface area contributed by atoms with Gasteiger partial charge in [-0.1, -0.05) is 0 Å². The number of halogens is 2. The number of fused-ring (bicyclic) bond motifs is 2. The van der Waals surface area contributed by atoms with Crippen LogP contribution in [0.4, 0.5) is 25.0 Å². The van der Waals surface area contributed by atoms with Crippen molar-refractivity contribution in [2.24, 2.45) is 0 Å². The van der Waals surface area contributed by atoms with Gasteiger partial charge in [0, 0.05) is 42.3 Å². The lowest BCUT2D eigenvalue weighted by atomic mass is 10.1. The second kappa shape index (κ2) is 7.44. The van der Waals surface area contributed by atoms with Gasteiger partial charge in [0.1, 0.15) is 18.0 Å². The van der Waals surface area contributed by atoms with Crippen molar-refractivity contribution in [1.29, 1.82) is 0 Å². The van der Waals surface area contributed by atoms with Crippen LogP contribution in [0.25, 0.3) is 0 Å². The molecule has 148 valence electrons. The molecular weight excluding hydrogens is 376 g/mol. The summed E-state index contributed by atoms with van der Waals surface area (Å²) in [6.07, 6.45) is 0.0370. The molecular formula is C18H23F2N3O3S. The first-order chi connectivity index (χ1) is 12.9. The SMILES string of the molecule is CC(O)NC[C@H]1CN(c2cc(F)c(N3C4CCC3CSC4)c(F)c2)C(=O)O1. The highest BCUT2D eigenvalue weighted by atomic mass is 32.2. The Morgan fingerprint density at radius 1 is 1.30 bits per heavy atom. The molecule has 1 aromatic rings. The highest BCUT2D eigenvalue weighted by Gasteiger charge is 2.40. The van der Waals surface area contributed by atoms with Gasteiger partial charge in [0.2, 0.25) is 0 Å². The molecule has 1 aromatic carbocycles. The smallest absolute Gasteiger partial charge is 0.414 e. The molecule has 0 aromatic heterocycles. The van der Waals surface area contributed by atoms with E-state index in [9.17, 15) is 18.7 Å². The largest absolute Gasteiger partial charge is 0.443 e. The van der Waals surface area contributed by atoms with Crippen molar-refractivity contribution in [3.05, 3.63) is 23.8 Å². The molecule has 0 aliphatic carbocycles. The molecule has 1 amide bonds. The lowest BCUT2D eigenvalue weighted by molar-refractivity contribution is 0.110. The Hall–Kier alpha value is -1.58. The average molecular weight is 399 g/mol. The number of hydrogen-bond acceptors (Lipinski definition) is 6. The lowest BCUT2D eigenvalue weighted by Crippen LogP contribution is -2.43. The van der Waals surface area contributed by atoms with E-state index in [2.05, 4.69) is 5.32 Å². The summed E-state index contributed by atoms with van der Waals surface area (Å²) in [5.74, 6) is 0.473. The van der Waals surface area contributed by atoms with Crippen molar-refractivity contribution >= 4 is 29.2 Å². The summed E-state index contributed by atoms with van der Waals surface area (Å²) in [4.78, 5) is 15.2. The van der Waals surface area contributed by atoms with Gasteiger partial charge < -0.3 is 14.7 Å². The van der Waals surface area contributed by atoms with Gasteiger partial charge >= 0.3 is 6.09 Å². The first-order valence-electron chi connectivity index (χ1n) is 9.18. The molecule has 0 saturated carbocycles. The Bertz CT molecular complexity index is 697. The zero-order valence-corrected chi connectivity index (χ0v) is 15.8. The number of carbonyl (C=O) groups is 1. The molecule has 3 aliphatic heterocycles. The minimum atomic E-state index is -0.731. The standard InChI is InChI=1S/C18H23F2N3O3S/c1-10(24)21-6-14-7-22(18(25)26-14)13-4-15(19)17(16(20)5-13)23-11-2-3-12(23)9-27-8-11/h4-5,10-12,14,21,24H,2-3,6-9H2,1H3/t10?,11?,12?,14-/m0/s1. The van der Waals surface area contributed by atoms with Crippen LogP contribution in [0.1, 0.15) is 19.8 Å². The van der Waals surface area contributed by atoms with E-state index < -0.39 is 30.1 Å². The molecule has 4 rings (SSSR count). The van der Waals surface area contributed by atoms with Crippen LogP contribution in [-0.2, 0) is 4.74 Å². The Morgan fingerprint density at radius 3 is 2.52 bits per heavy atom. The van der Waals surface area contributed by atoms with Crippen LogP contribution in [-0.4, -0.2) is 60.2 Å². The molecule has 0 radical (unpaired) electrons. The monoisotopic (exact) mass is 399 g/mol. The third kappa shape index (κ3) is 3.60. The fourth-order valence-corrected chi connectivity index (χ4v) is 5.42. The van der Waals surface area contributed by atoms with Gasteiger partial charge in [-0.15, -0.1) is 0 Å². The number of amides is 1. The number of nitrogens with zero attached hydrogens (tertiary/aromatic N) is 2. The van der Waals surface area contributed by atoms with E-state index in [4.69, 9.17) is 4.74 Å². The summed E-state index contributed by atoms with van der Waals surface area (Å²) in [6, 6.07) is 2.75. The Labute approximate surface area is 160 Å². The van der Waals surface area contributed by atoms with Crippen molar-refractivity contribution in [3.63, 3.8) is 0 Å². The molecule has 2 bridgehead atoms. The zero-order valence-electron chi connectivity index (χ0n) is 15.0. The molecule has 9 heteroatoms. The minimum absolute atomic E-state index is 0.0198. The van der Waals surface area contributed by atoms with Gasteiger partial charge in [0.05, 0.1) is 12.2 Å². The van der Waals surface area contributed by atoms with Crippen molar-refractivity contribution in [2.75, 3.05) is 34.4 Å². The van der Waals surface area contributed by atoms with Gasteiger partial charge in [-0.2, -0.15) is 11.8 Å². The van der Waals surface area contributed by atoms with Crippen LogP contribution in [0.15, 0.2) is 12.1 Å². The Kier molecular flexibility index (Phi) is 5.17. The average Bonchev–Trinajstić information content (AvgIpc) is 3.08. The number of benzene rings is 1. The highest BCUT2D eigenvalue weighted by Crippen LogP contribution is 2.41. The Morgan fingerprint density at radius 2 is 1.93 bits per heavy atom. The van der Waals surface area contributed by atoms with Crippen molar-refractivity contribution in [2.45, 2.75) is 44.2 Å². The summed E-state index contributed by atoms with van der Waals surface area (Å²) in [5, 5.41) is 12.0. The van der Waals surface area contributed by atoms with E-state index in [0.29, 0.717) is 0 Å². The molecule has 3 unspecified atom stereocenters. The molecule has 0 spiro atoms. The molecule has 3 saturated heterocycles. The molecule has 3 heterocycles. The van der Waals surface area contributed by atoms with Crippen molar-refractivity contribution in [1.82, 2.24) is 5.32 Å². The number of thioether (sulfide) groups is 1. The third-order valence-electron chi connectivity index (χ3n) is 5.33. The van der Waals surface area contributed by atoms with Gasteiger partial charge in [-0.05, 0) is 19.8 Å². The maximum absolute atomic E-state index is 14.9. The topological polar surface area (TPSA) is 65.0 Å². The summed E-state index contributed by atoms with van der Waals surface area (Å²) < 4.78 is 35.0. The summed E-state index contributed by atoms with van der Waals surface area (Å²) >= 11 is 1.83. The van der Waals surface area contributed by atoms with Gasteiger partial charge in [-0.25, -0.2) is 13.6 Å². The van der Waals surface area contributed by atoms with Crippen molar-refractivity contribution < 1.29 is 23.4 Å². The quantitative estimate of drug-likeness (QED) is 0.741. The molecule has 3 fully saturated rings. The second-order valence-electron chi connectivity index (χ2n) is 7.29. The van der Waals surface area contributed by atoms with Crippen LogP contribution < -0.4 is 15.1 Å². The predicted octanol–water partition coefficient (Wildman–Crippen LogP) is 2.30. The molecule has 27 heavy (non-hydrogen) atoms. The summed E-state index contributed by atoms with van der Waals surface area (Å²) in [7, 11) is 0. The second-order valence-corrected chi connectivity index (χ2v) is 8.36. The zero-order chi connectivity index (χ0) is 19.1. The minimum Gasteiger partial charge on any atom is -0.443 e. The number of ether oxygens (including phenoxy) is 1. The van der Waals surface area contributed by atoms with E-state index in [1.807, 2.05) is 16.7 Å². The maximum Gasteiger partial charge on any atom is 0.414 e. The number of carbonyl (C=O) groups excluding carboxylic acids is 1. The van der Waals surface area contributed by atoms with Crippen molar-refractivity contribution in [3.8, 4) is 0 Å².